The molecule has 0 saturated carbocycles. The van der Waals surface area contributed by atoms with E-state index in [0.29, 0.717) is 12.2 Å². The van der Waals surface area contributed by atoms with Crippen LogP contribution < -0.4 is 11.1 Å². The molecule has 0 unspecified atom stereocenters. The van der Waals surface area contributed by atoms with Gasteiger partial charge in [0.15, 0.2) is 0 Å². The molecule has 2 aromatic carbocycles. The number of hydrogen-bond donors (Lipinski definition) is 3. The summed E-state index contributed by atoms with van der Waals surface area (Å²) < 4.78 is 0. The molecule has 0 atom stereocenters. The Kier molecular flexibility index (Phi) is 4.03. The van der Waals surface area contributed by atoms with Gasteiger partial charge >= 0.3 is 0 Å². The average Bonchev–Trinajstić information content (AvgIpc) is 2.39. The van der Waals surface area contributed by atoms with E-state index >= 15 is 0 Å². The summed E-state index contributed by atoms with van der Waals surface area (Å²) in [6.45, 7) is 0.520. The zero-order valence-electron chi connectivity index (χ0n) is 10.5. The third-order valence-electron chi connectivity index (χ3n) is 2.81. The Morgan fingerprint density at radius 3 is 2.58 bits per heavy atom. The van der Waals surface area contributed by atoms with Gasteiger partial charge in [0.05, 0.1) is 5.56 Å². The lowest BCUT2D eigenvalue weighted by Gasteiger charge is -2.07. The van der Waals surface area contributed by atoms with Gasteiger partial charge in [0.1, 0.15) is 5.75 Å². The number of aromatic hydroxyl groups is 1. The van der Waals surface area contributed by atoms with Gasteiger partial charge in [0.25, 0.3) is 5.91 Å². The lowest BCUT2D eigenvalue weighted by Crippen LogP contribution is -2.25. The molecule has 0 radical (unpaired) electrons. The molecular weight excluding hydrogens is 240 g/mol. The van der Waals surface area contributed by atoms with Gasteiger partial charge < -0.3 is 16.2 Å². The van der Waals surface area contributed by atoms with Crippen LogP contribution in [-0.2, 0) is 6.42 Å². The van der Waals surface area contributed by atoms with Crippen molar-refractivity contribution in [2.24, 2.45) is 0 Å². The Balaban J connectivity index is 1.91. The number of rotatable bonds is 4. The van der Waals surface area contributed by atoms with Crippen molar-refractivity contribution in [3.8, 4) is 5.75 Å². The Morgan fingerprint density at radius 2 is 1.89 bits per heavy atom. The molecule has 4 heteroatoms. The van der Waals surface area contributed by atoms with Crippen LogP contribution in [0.1, 0.15) is 15.9 Å². The van der Waals surface area contributed by atoms with Crippen molar-refractivity contribution in [3.63, 3.8) is 0 Å². The summed E-state index contributed by atoms with van der Waals surface area (Å²) in [4.78, 5) is 11.9. The van der Waals surface area contributed by atoms with Crippen LogP contribution in [0.2, 0.25) is 0 Å². The number of hydrogen-bond acceptors (Lipinski definition) is 3. The van der Waals surface area contributed by atoms with Gasteiger partial charge in [0, 0.05) is 18.3 Å². The van der Waals surface area contributed by atoms with Crippen LogP contribution in [0.15, 0.2) is 48.5 Å². The summed E-state index contributed by atoms with van der Waals surface area (Å²) in [5, 5.41) is 12.4. The van der Waals surface area contributed by atoms with Gasteiger partial charge in [0.2, 0.25) is 0 Å². The Bertz CT molecular complexity index is 568. The minimum atomic E-state index is -0.298. The molecule has 98 valence electrons. The molecule has 0 heterocycles. The predicted molar refractivity (Wildman–Crippen MR) is 75.0 cm³/mol. The van der Waals surface area contributed by atoms with Crippen molar-refractivity contribution in [3.05, 3.63) is 59.7 Å². The van der Waals surface area contributed by atoms with Crippen LogP contribution in [-0.4, -0.2) is 17.6 Å². The number of nitrogens with two attached hydrogens (primary N) is 1. The highest BCUT2D eigenvalue weighted by atomic mass is 16.3. The molecule has 0 aliphatic rings. The average molecular weight is 256 g/mol. The lowest BCUT2D eigenvalue weighted by atomic mass is 10.1. The number of benzene rings is 2. The van der Waals surface area contributed by atoms with E-state index in [-0.39, 0.29) is 17.2 Å². The summed E-state index contributed by atoms with van der Waals surface area (Å²) >= 11 is 0. The molecule has 0 aliphatic heterocycles. The maximum absolute atomic E-state index is 11.9. The standard InChI is InChI=1S/C15H16N2O2/c16-12-6-7-13(14(18)10-12)15(19)17-9-8-11-4-2-1-3-5-11/h1-7,10,18H,8-9,16H2,(H,17,19). The Labute approximate surface area is 111 Å². The van der Waals surface area contributed by atoms with Crippen LogP contribution in [0.4, 0.5) is 5.69 Å². The van der Waals surface area contributed by atoms with E-state index in [0.717, 1.165) is 12.0 Å². The summed E-state index contributed by atoms with van der Waals surface area (Å²) in [5.41, 5.74) is 7.34. The monoisotopic (exact) mass is 256 g/mol. The molecule has 4 N–H and O–H groups in total. The van der Waals surface area contributed by atoms with Gasteiger partial charge in [-0.1, -0.05) is 30.3 Å². The zero-order chi connectivity index (χ0) is 13.7. The van der Waals surface area contributed by atoms with Gasteiger partial charge in [-0.15, -0.1) is 0 Å². The second-order valence-electron chi connectivity index (χ2n) is 4.27. The number of anilines is 1. The second kappa shape index (κ2) is 5.91. The first-order valence-electron chi connectivity index (χ1n) is 6.07. The smallest absolute Gasteiger partial charge is 0.255 e. The molecule has 19 heavy (non-hydrogen) atoms. The molecule has 0 fully saturated rings. The minimum absolute atomic E-state index is 0.0998. The van der Waals surface area contributed by atoms with Gasteiger partial charge in [-0.2, -0.15) is 0 Å². The van der Waals surface area contributed by atoms with E-state index in [2.05, 4.69) is 5.32 Å². The molecular formula is C15H16N2O2. The highest BCUT2D eigenvalue weighted by Gasteiger charge is 2.10. The third kappa shape index (κ3) is 3.48. The number of carbonyl (C=O) groups excluding carboxylic acids is 1. The van der Waals surface area contributed by atoms with Crippen LogP contribution in [0.5, 0.6) is 5.75 Å². The zero-order valence-corrected chi connectivity index (χ0v) is 10.5. The molecule has 2 rings (SSSR count). The van der Waals surface area contributed by atoms with Crippen LogP contribution >= 0.6 is 0 Å². The maximum Gasteiger partial charge on any atom is 0.255 e. The third-order valence-corrected chi connectivity index (χ3v) is 2.81. The van der Waals surface area contributed by atoms with Crippen molar-refractivity contribution >= 4 is 11.6 Å². The summed E-state index contributed by atoms with van der Waals surface area (Å²) in [7, 11) is 0. The largest absolute Gasteiger partial charge is 0.507 e. The lowest BCUT2D eigenvalue weighted by molar-refractivity contribution is 0.0951. The molecule has 0 spiro atoms. The fraction of sp³-hybridized carbons (Fsp3) is 0.133. The highest BCUT2D eigenvalue weighted by molar-refractivity contribution is 5.97. The summed E-state index contributed by atoms with van der Waals surface area (Å²) in [5.74, 6) is -0.398. The summed E-state index contributed by atoms with van der Waals surface area (Å²) in [6.07, 6.45) is 0.752. The highest BCUT2D eigenvalue weighted by Crippen LogP contribution is 2.19. The van der Waals surface area contributed by atoms with Gasteiger partial charge in [-0.25, -0.2) is 0 Å². The van der Waals surface area contributed by atoms with Crippen molar-refractivity contribution in [1.29, 1.82) is 0 Å². The number of phenols is 1. The first-order valence-corrected chi connectivity index (χ1v) is 6.07. The molecule has 1 amide bonds. The quantitative estimate of drug-likeness (QED) is 0.732. The second-order valence-corrected chi connectivity index (χ2v) is 4.27. The van der Waals surface area contributed by atoms with E-state index < -0.39 is 0 Å². The van der Waals surface area contributed by atoms with Crippen molar-refractivity contribution < 1.29 is 9.90 Å². The van der Waals surface area contributed by atoms with Gasteiger partial charge in [-0.05, 0) is 24.1 Å². The Morgan fingerprint density at radius 1 is 1.16 bits per heavy atom. The van der Waals surface area contributed by atoms with E-state index in [9.17, 15) is 9.90 Å². The van der Waals surface area contributed by atoms with Crippen LogP contribution in [0.3, 0.4) is 0 Å². The molecule has 0 aromatic heterocycles. The first-order chi connectivity index (χ1) is 9.16. The molecule has 0 aliphatic carbocycles. The van der Waals surface area contributed by atoms with Crippen molar-refractivity contribution in [2.75, 3.05) is 12.3 Å². The molecule has 4 nitrogen and oxygen atoms in total. The number of amides is 1. The van der Waals surface area contributed by atoms with E-state index in [1.807, 2.05) is 30.3 Å². The predicted octanol–water partition coefficient (Wildman–Crippen LogP) is 1.95. The fourth-order valence-electron chi connectivity index (χ4n) is 1.80. The number of nitrogen functional groups attached to an aromatic ring is 1. The minimum Gasteiger partial charge on any atom is -0.507 e. The number of phenolic OH excluding ortho intramolecular Hbond substituents is 1. The topological polar surface area (TPSA) is 75.4 Å². The molecule has 0 bridgehead atoms. The Hall–Kier alpha value is -2.49. The van der Waals surface area contributed by atoms with Crippen LogP contribution in [0.25, 0.3) is 0 Å². The van der Waals surface area contributed by atoms with Crippen molar-refractivity contribution in [1.82, 2.24) is 5.32 Å². The summed E-state index contributed by atoms with van der Waals surface area (Å²) in [6, 6.07) is 14.4. The SMILES string of the molecule is Nc1ccc(C(=O)NCCc2ccccc2)c(O)c1. The maximum atomic E-state index is 11.9. The van der Waals surface area contributed by atoms with Crippen molar-refractivity contribution in [2.45, 2.75) is 6.42 Å². The normalized spacial score (nSPS) is 10.1. The van der Waals surface area contributed by atoms with Crippen LogP contribution in [0, 0.1) is 0 Å². The number of nitrogens with one attached hydrogen (secondary N) is 1. The number of carbonyl (C=O) groups is 1. The van der Waals surface area contributed by atoms with E-state index in [4.69, 9.17) is 5.73 Å². The van der Waals surface area contributed by atoms with E-state index in [1.165, 1.54) is 12.1 Å². The van der Waals surface area contributed by atoms with E-state index in [1.54, 1.807) is 6.07 Å². The molecule has 0 saturated heterocycles. The first kappa shape index (κ1) is 13.0. The molecule has 2 aromatic rings. The fourth-order valence-corrected chi connectivity index (χ4v) is 1.80. The van der Waals surface area contributed by atoms with Gasteiger partial charge in [-0.3, -0.25) is 4.79 Å².